The first-order valence-electron chi connectivity index (χ1n) is 10.2. The van der Waals surface area contributed by atoms with E-state index in [1.165, 1.54) is 18.2 Å². The molecule has 33 heavy (non-hydrogen) atoms. The summed E-state index contributed by atoms with van der Waals surface area (Å²) in [4.78, 5) is 15.7. The van der Waals surface area contributed by atoms with Gasteiger partial charge in [0.15, 0.2) is 0 Å². The molecule has 0 radical (unpaired) electrons. The summed E-state index contributed by atoms with van der Waals surface area (Å²) in [7, 11) is -0.436. The number of nitrogens with zero attached hydrogens (tertiary/aromatic N) is 2. The van der Waals surface area contributed by atoms with Gasteiger partial charge in [-0.3, -0.25) is 4.79 Å². The standard InChI is InChI=1S/C22H22ClF2N3O3S2/c1-12(27(2)3)14-8-16(24)21(17(25)9-14)28-7-6-18(22(28)29)26-33(30,31)20-10-13-4-5-15(23)11-19(13)32-20/h4-5,8-12,18,26H,6-7H2,1-3H3. The van der Waals surface area contributed by atoms with E-state index in [1.54, 1.807) is 32.3 Å². The molecule has 3 aromatic rings. The van der Waals surface area contributed by atoms with E-state index in [1.807, 2.05) is 11.8 Å². The number of sulfonamides is 1. The largest absolute Gasteiger partial charge is 0.306 e. The fraction of sp³-hybridized carbons (Fsp3) is 0.318. The zero-order valence-corrected chi connectivity index (χ0v) is 20.5. The minimum absolute atomic E-state index is 0.00946. The molecule has 176 valence electrons. The Balaban J connectivity index is 1.56. The third-order valence-electron chi connectivity index (χ3n) is 5.79. The molecule has 2 unspecified atom stereocenters. The fourth-order valence-corrected chi connectivity index (χ4v) is 6.67. The van der Waals surface area contributed by atoms with Gasteiger partial charge in [-0.1, -0.05) is 17.7 Å². The maximum atomic E-state index is 14.8. The highest BCUT2D eigenvalue weighted by Gasteiger charge is 2.38. The Morgan fingerprint density at radius 1 is 1.18 bits per heavy atom. The normalized spacial score (nSPS) is 18.0. The van der Waals surface area contributed by atoms with E-state index < -0.39 is 39.3 Å². The van der Waals surface area contributed by atoms with E-state index in [-0.39, 0.29) is 23.2 Å². The van der Waals surface area contributed by atoms with Crippen molar-refractivity contribution in [2.45, 2.75) is 29.6 Å². The molecule has 1 amide bonds. The minimum Gasteiger partial charge on any atom is -0.306 e. The SMILES string of the molecule is CC(c1cc(F)c(N2CCC(NS(=O)(=O)c3cc4ccc(Cl)cc4s3)C2=O)c(F)c1)N(C)C. The van der Waals surface area contributed by atoms with Gasteiger partial charge in [0.25, 0.3) is 10.0 Å². The molecule has 1 aromatic heterocycles. The first-order valence-corrected chi connectivity index (χ1v) is 12.8. The number of anilines is 1. The number of amides is 1. The third-order valence-corrected chi connectivity index (χ3v) is 9.07. The number of fused-ring (bicyclic) bond motifs is 1. The zero-order chi connectivity index (χ0) is 24.1. The summed E-state index contributed by atoms with van der Waals surface area (Å²) in [5.74, 6) is -2.43. The summed E-state index contributed by atoms with van der Waals surface area (Å²) in [6.45, 7) is 1.80. The summed E-state index contributed by atoms with van der Waals surface area (Å²) < 4.78 is 58.6. The van der Waals surface area contributed by atoms with Crippen LogP contribution in [0, 0.1) is 11.6 Å². The number of carbonyl (C=O) groups excluding carboxylic acids is 1. The topological polar surface area (TPSA) is 69.7 Å². The lowest BCUT2D eigenvalue weighted by Crippen LogP contribution is -2.41. The number of benzene rings is 2. The molecule has 4 rings (SSSR count). The molecule has 2 atom stereocenters. The molecular formula is C22H22ClF2N3O3S2. The Morgan fingerprint density at radius 3 is 2.48 bits per heavy atom. The van der Waals surface area contributed by atoms with Gasteiger partial charge in [-0.15, -0.1) is 11.3 Å². The van der Waals surface area contributed by atoms with Gasteiger partial charge in [0.05, 0.1) is 0 Å². The van der Waals surface area contributed by atoms with Crippen LogP contribution in [-0.2, 0) is 14.8 Å². The number of nitrogens with one attached hydrogen (secondary N) is 1. The lowest BCUT2D eigenvalue weighted by molar-refractivity contribution is -0.118. The van der Waals surface area contributed by atoms with Gasteiger partial charge in [-0.05, 0) is 68.7 Å². The molecule has 0 bridgehead atoms. The fourth-order valence-electron chi connectivity index (χ4n) is 3.75. The molecule has 11 heteroatoms. The minimum atomic E-state index is -4.02. The van der Waals surface area contributed by atoms with Crippen molar-refractivity contribution in [3.05, 3.63) is 58.6 Å². The Kier molecular flexibility index (Phi) is 6.49. The predicted molar refractivity (Wildman–Crippen MR) is 126 cm³/mol. The summed E-state index contributed by atoms with van der Waals surface area (Å²) in [6, 6.07) is 7.59. The number of hydrogen-bond acceptors (Lipinski definition) is 5. The molecule has 0 saturated carbocycles. The van der Waals surface area contributed by atoms with Gasteiger partial charge in [0.1, 0.15) is 27.6 Å². The average molecular weight is 514 g/mol. The van der Waals surface area contributed by atoms with Crippen LogP contribution >= 0.6 is 22.9 Å². The van der Waals surface area contributed by atoms with Crippen molar-refractivity contribution in [1.82, 2.24) is 9.62 Å². The van der Waals surface area contributed by atoms with Crippen molar-refractivity contribution in [2.75, 3.05) is 25.5 Å². The van der Waals surface area contributed by atoms with Crippen LogP contribution in [0.5, 0.6) is 0 Å². The second-order valence-corrected chi connectivity index (χ2v) is 11.6. The van der Waals surface area contributed by atoms with Crippen LogP contribution in [-0.4, -0.2) is 45.9 Å². The Bertz CT molecular complexity index is 1320. The summed E-state index contributed by atoms with van der Waals surface area (Å²) in [5.41, 5.74) is -0.0274. The molecule has 0 aliphatic carbocycles. The van der Waals surface area contributed by atoms with Crippen LogP contribution in [0.2, 0.25) is 5.02 Å². The van der Waals surface area contributed by atoms with E-state index in [0.29, 0.717) is 20.7 Å². The number of hydrogen-bond donors (Lipinski definition) is 1. The average Bonchev–Trinajstić information content (AvgIpc) is 3.31. The van der Waals surface area contributed by atoms with Gasteiger partial charge >= 0.3 is 0 Å². The molecule has 2 aromatic carbocycles. The predicted octanol–water partition coefficient (Wildman–Crippen LogP) is 4.54. The van der Waals surface area contributed by atoms with Crippen molar-refractivity contribution < 1.29 is 22.0 Å². The van der Waals surface area contributed by atoms with Gasteiger partial charge in [0.2, 0.25) is 5.91 Å². The quantitative estimate of drug-likeness (QED) is 0.525. The molecular weight excluding hydrogens is 492 g/mol. The number of thiophene rings is 1. The first-order chi connectivity index (χ1) is 15.5. The highest BCUT2D eigenvalue weighted by Crippen LogP contribution is 2.34. The smallest absolute Gasteiger partial charge is 0.250 e. The molecule has 1 saturated heterocycles. The second-order valence-electron chi connectivity index (χ2n) is 8.17. The van der Waals surface area contributed by atoms with Crippen molar-refractivity contribution in [3.8, 4) is 0 Å². The van der Waals surface area contributed by atoms with E-state index >= 15 is 0 Å². The van der Waals surface area contributed by atoms with Gasteiger partial charge < -0.3 is 9.80 Å². The van der Waals surface area contributed by atoms with Gasteiger partial charge in [-0.25, -0.2) is 17.2 Å². The van der Waals surface area contributed by atoms with Crippen LogP contribution in [0.25, 0.3) is 10.1 Å². The van der Waals surface area contributed by atoms with Crippen molar-refractivity contribution in [2.24, 2.45) is 0 Å². The molecule has 2 heterocycles. The second kappa shape index (κ2) is 8.92. The number of rotatable bonds is 6. The summed E-state index contributed by atoms with van der Waals surface area (Å²) in [5, 5.41) is 1.19. The van der Waals surface area contributed by atoms with Crippen LogP contribution in [0.1, 0.15) is 24.9 Å². The van der Waals surface area contributed by atoms with E-state index in [9.17, 15) is 22.0 Å². The van der Waals surface area contributed by atoms with Crippen LogP contribution < -0.4 is 9.62 Å². The van der Waals surface area contributed by atoms with Crippen LogP contribution in [0.4, 0.5) is 14.5 Å². The number of carbonyl (C=O) groups is 1. The summed E-state index contributed by atoms with van der Waals surface area (Å²) in [6.07, 6.45) is 0.0868. The number of halogens is 3. The Labute approximate surface area is 199 Å². The summed E-state index contributed by atoms with van der Waals surface area (Å²) >= 11 is 7.00. The maximum absolute atomic E-state index is 14.8. The lowest BCUT2D eigenvalue weighted by atomic mass is 10.1. The first kappa shape index (κ1) is 24.0. The molecule has 1 fully saturated rings. The highest BCUT2D eigenvalue weighted by molar-refractivity contribution is 7.91. The van der Waals surface area contributed by atoms with Gasteiger partial charge in [-0.2, -0.15) is 4.72 Å². The maximum Gasteiger partial charge on any atom is 0.250 e. The van der Waals surface area contributed by atoms with Crippen molar-refractivity contribution in [3.63, 3.8) is 0 Å². The van der Waals surface area contributed by atoms with Gasteiger partial charge in [0, 0.05) is 22.3 Å². The van der Waals surface area contributed by atoms with E-state index in [2.05, 4.69) is 4.72 Å². The van der Waals surface area contributed by atoms with E-state index in [4.69, 9.17) is 11.6 Å². The lowest BCUT2D eigenvalue weighted by Gasteiger charge is -2.23. The molecule has 6 nitrogen and oxygen atoms in total. The van der Waals surface area contributed by atoms with E-state index in [0.717, 1.165) is 16.2 Å². The molecule has 0 spiro atoms. The van der Waals surface area contributed by atoms with Crippen LogP contribution in [0.3, 0.4) is 0 Å². The van der Waals surface area contributed by atoms with Crippen molar-refractivity contribution >= 4 is 54.6 Å². The molecule has 1 N–H and O–H groups in total. The monoisotopic (exact) mass is 513 g/mol. The molecule has 1 aliphatic heterocycles. The Morgan fingerprint density at radius 2 is 1.85 bits per heavy atom. The third kappa shape index (κ3) is 4.63. The highest BCUT2D eigenvalue weighted by atomic mass is 35.5. The zero-order valence-electron chi connectivity index (χ0n) is 18.1. The Hall–Kier alpha value is -2.11. The molecule has 1 aliphatic rings. The van der Waals surface area contributed by atoms with Crippen LogP contribution in [0.15, 0.2) is 40.6 Å². The van der Waals surface area contributed by atoms with Crippen molar-refractivity contribution in [1.29, 1.82) is 0 Å².